The molecule has 2 aromatic carbocycles. The molecule has 0 saturated heterocycles. The molecule has 9 heteroatoms. The number of carbonyl (C=O) groups excluding carboxylic acids is 1. The van der Waals surface area contributed by atoms with Crippen molar-refractivity contribution in [3.8, 4) is 11.3 Å². The van der Waals surface area contributed by atoms with Gasteiger partial charge in [0.2, 0.25) is 0 Å². The van der Waals surface area contributed by atoms with Gasteiger partial charge in [0.15, 0.2) is 0 Å². The first-order valence-electron chi connectivity index (χ1n) is 10.6. The summed E-state index contributed by atoms with van der Waals surface area (Å²) in [5, 5.41) is 14.9. The molecule has 0 unspecified atom stereocenters. The first kappa shape index (κ1) is 21.4. The summed E-state index contributed by atoms with van der Waals surface area (Å²) in [6, 6.07) is 12.5. The largest absolute Gasteiger partial charge is 0.322 e. The Kier molecular flexibility index (Phi) is 5.70. The lowest BCUT2D eigenvalue weighted by Crippen LogP contribution is -2.42. The van der Waals surface area contributed by atoms with Gasteiger partial charge in [0, 0.05) is 54.7 Å². The molecule has 0 radical (unpaired) electrons. The van der Waals surface area contributed by atoms with Gasteiger partial charge in [0.1, 0.15) is 11.5 Å². The van der Waals surface area contributed by atoms with Crippen LogP contribution in [-0.2, 0) is 13.1 Å². The highest BCUT2D eigenvalue weighted by Crippen LogP contribution is 2.33. The predicted octanol–water partition coefficient (Wildman–Crippen LogP) is 4.86. The Morgan fingerprint density at radius 3 is 2.91 bits per heavy atom. The van der Waals surface area contributed by atoms with Crippen LogP contribution in [0.25, 0.3) is 22.2 Å². The fourth-order valence-corrected chi connectivity index (χ4v) is 4.22. The van der Waals surface area contributed by atoms with Crippen LogP contribution < -0.4 is 10.6 Å². The van der Waals surface area contributed by atoms with Gasteiger partial charge < -0.3 is 15.5 Å². The van der Waals surface area contributed by atoms with Gasteiger partial charge in [-0.1, -0.05) is 17.7 Å². The minimum Gasteiger partial charge on any atom is -0.319 e. The number of fused-ring (bicyclic) bond motifs is 2. The van der Waals surface area contributed by atoms with Crippen molar-refractivity contribution < 1.29 is 9.18 Å². The number of aromatic nitrogens is 3. The summed E-state index contributed by atoms with van der Waals surface area (Å²) >= 11 is 5.83. The number of hydrogen-bond acceptors (Lipinski definition) is 4. The molecule has 4 aromatic rings. The van der Waals surface area contributed by atoms with E-state index in [2.05, 4.69) is 31.9 Å². The maximum Gasteiger partial charge on any atom is 0.322 e. The number of urea groups is 1. The van der Waals surface area contributed by atoms with Gasteiger partial charge in [-0.25, -0.2) is 9.18 Å². The van der Waals surface area contributed by atoms with Gasteiger partial charge in [-0.15, -0.1) is 0 Å². The minimum absolute atomic E-state index is 0.105. The molecule has 7 nitrogen and oxygen atoms in total. The molecule has 5 rings (SSSR count). The minimum atomic E-state index is -0.432. The molecule has 0 aliphatic carbocycles. The third-order valence-electron chi connectivity index (χ3n) is 5.72. The second-order valence-electron chi connectivity index (χ2n) is 8.09. The summed E-state index contributed by atoms with van der Waals surface area (Å²) in [5.41, 5.74) is 6.36. The summed E-state index contributed by atoms with van der Waals surface area (Å²) in [4.78, 5) is 18.6. The molecule has 3 N–H and O–H groups in total. The van der Waals surface area contributed by atoms with Gasteiger partial charge in [-0.05, 0) is 54.4 Å². The SMILES string of the molecule is Cc1cc(-c2n[nH]c3cc4c(cc23)CN(CCNCc2ccc(F)c(Cl)c2)C(=O)N4)ccn1. The molecule has 1 aliphatic rings. The molecular formula is C24H22ClFN6O. The monoisotopic (exact) mass is 464 g/mol. The van der Waals surface area contributed by atoms with E-state index in [-0.39, 0.29) is 11.1 Å². The Morgan fingerprint density at radius 1 is 1.21 bits per heavy atom. The number of halogens is 2. The maximum atomic E-state index is 13.3. The van der Waals surface area contributed by atoms with E-state index in [1.165, 1.54) is 6.07 Å². The van der Waals surface area contributed by atoms with E-state index in [4.69, 9.17) is 11.6 Å². The van der Waals surface area contributed by atoms with E-state index >= 15 is 0 Å². The molecule has 33 heavy (non-hydrogen) atoms. The van der Waals surface area contributed by atoms with Gasteiger partial charge in [0.25, 0.3) is 0 Å². The first-order valence-corrected chi connectivity index (χ1v) is 11.0. The average Bonchev–Trinajstić information content (AvgIpc) is 3.20. The van der Waals surface area contributed by atoms with Crippen LogP contribution in [0.15, 0.2) is 48.7 Å². The zero-order valence-electron chi connectivity index (χ0n) is 18.0. The number of aryl methyl sites for hydroxylation is 1. The van der Waals surface area contributed by atoms with Crippen molar-refractivity contribution in [1.82, 2.24) is 25.4 Å². The van der Waals surface area contributed by atoms with Crippen LogP contribution in [0, 0.1) is 12.7 Å². The normalized spacial score (nSPS) is 13.3. The molecule has 0 atom stereocenters. The predicted molar refractivity (Wildman–Crippen MR) is 127 cm³/mol. The van der Waals surface area contributed by atoms with Gasteiger partial charge in [-0.2, -0.15) is 5.10 Å². The molecule has 0 bridgehead atoms. The number of carbonyl (C=O) groups is 1. The van der Waals surface area contributed by atoms with Crippen LogP contribution >= 0.6 is 11.6 Å². The van der Waals surface area contributed by atoms with Crippen molar-refractivity contribution in [3.05, 3.63) is 76.3 Å². The quantitative estimate of drug-likeness (QED) is 0.355. The highest BCUT2D eigenvalue weighted by molar-refractivity contribution is 6.30. The van der Waals surface area contributed by atoms with Crippen molar-refractivity contribution in [1.29, 1.82) is 0 Å². The second kappa shape index (κ2) is 8.80. The number of pyridine rings is 1. The number of amides is 2. The average molecular weight is 465 g/mol. The third-order valence-corrected chi connectivity index (χ3v) is 6.01. The Labute approximate surface area is 195 Å². The van der Waals surface area contributed by atoms with E-state index in [1.807, 2.05) is 25.1 Å². The molecule has 1 aliphatic heterocycles. The van der Waals surface area contributed by atoms with Gasteiger partial charge in [0.05, 0.1) is 10.5 Å². The zero-order valence-corrected chi connectivity index (χ0v) is 18.7. The number of nitrogens with one attached hydrogen (secondary N) is 3. The summed E-state index contributed by atoms with van der Waals surface area (Å²) in [6.45, 7) is 4.11. The van der Waals surface area contributed by atoms with E-state index in [0.29, 0.717) is 26.2 Å². The van der Waals surface area contributed by atoms with Crippen LogP contribution in [0.3, 0.4) is 0 Å². The Balaban J connectivity index is 1.29. The highest BCUT2D eigenvalue weighted by Gasteiger charge is 2.24. The van der Waals surface area contributed by atoms with E-state index < -0.39 is 5.82 Å². The van der Waals surface area contributed by atoms with Crippen LogP contribution in [-0.4, -0.2) is 39.2 Å². The summed E-state index contributed by atoms with van der Waals surface area (Å²) < 4.78 is 13.3. The lowest BCUT2D eigenvalue weighted by atomic mass is 10.0. The molecule has 0 fully saturated rings. The smallest absolute Gasteiger partial charge is 0.319 e. The number of hydrogen-bond donors (Lipinski definition) is 3. The van der Waals surface area contributed by atoms with Crippen LogP contribution in [0.4, 0.5) is 14.9 Å². The maximum absolute atomic E-state index is 13.3. The molecule has 168 valence electrons. The molecule has 0 saturated carbocycles. The molecule has 0 spiro atoms. The zero-order chi connectivity index (χ0) is 22.9. The number of aromatic amines is 1. The van der Waals surface area contributed by atoms with Crippen molar-refractivity contribution in [2.45, 2.75) is 20.0 Å². The fourth-order valence-electron chi connectivity index (χ4n) is 4.02. The lowest BCUT2D eigenvalue weighted by molar-refractivity contribution is 0.206. The number of anilines is 1. The number of nitrogens with zero attached hydrogens (tertiary/aromatic N) is 3. The Morgan fingerprint density at radius 2 is 2.09 bits per heavy atom. The standard InChI is InChI=1S/C24H22ClFN6O/c1-14-8-16(4-5-28-14)23-18-10-17-13-32(24(33)29-21(17)11-22(18)30-31-23)7-6-27-12-15-2-3-20(26)19(25)9-15/h2-5,8-11,27H,6-7,12-13H2,1H3,(H,29,33)(H,30,31). The lowest BCUT2D eigenvalue weighted by Gasteiger charge is -2.29. The van der Waals surface area contributed by atoms with Crippen molar-refractivity contribution in [3.63, 3.8) is 0 Å². The third kappa shape index (κ3) is 4.40. The van der Waals surface area contributed by atoms with Crippen molar-refractivity contribution in [2.75, 3.05) is 18.4 Å². The van der Waals surface area contributed by atoms with Crippen LogP contribution in [0.2, 0.25) is 5.02 Å². The van der Waals surface area contributed by atoms with E-state index in [9.17, 15) is 9.18 Å². The Hall–Kier alpha value is -3.49. The summed E-state index contributed by atoms with van der Waals surface area (Å²) in [5.74, 6) is -0.432. The molecule has 3 heterocycles. The molecule has 2 amide bonds. The van der Waals surface area contributed by atoms with Crippen molar-refractivity contribution in [2.24, 2.45) is 0 Å². The highest BCUT2D eigenvalue weighted by atomic mass is 35.5. The van der Waals surface area contributed by atoms with Gasteiger partial charge >= 0.3 is 6.03 Å². The fraction of sp³-hybridized carbons (Fsp3) is 0.208. The topological polar surface area (TPSA) is 85.9 Å². The molecular weight excluding hydrogens is 443 g/mol. The van der Waals surface area contributed by atoms with Gasteiger partial charge in [-0.3, -0.25) is 10.1 Å². The number of rotatable bonds is 6. The van der Waals surface area contributed by atoms with Crippen molar-refractivity contribution >= 4 is 34.2 Å². The summed E-state index contributed by atoms with van der Waals surface area (Å²) in [7, 11) is 0. The van der Waals surface area contributed by atoms with E-state index in [1.54, 1.807) is 23.2 Å². The number of H-pyrrole nitrogens is 1. The number of benzene rings is 2. The Bertz CT molecular complexity index is 1350. The second-order valence-corrected chi connectivity index (χ2v) is 8.50. The summed E-state index contributed by atoms with van der Waals surface area (Å²) in [6.07, 6.45) is 1.78. The molecule has 2 aromatic heterocycles. The van der Waals surface area contributed by atoms with E-state index in [0.717, 1.165) is 44.7 Å². The van der Waals surface area contributed by atoms with Crippen LogP contribution in [0.5, 0.6) is 0 Å². The van der Waals surface area contributed by atoms with Crippen LogP contribution in [0.1, 0.15) is 16.8 Å². The first-order chi connectivity index (χ1) is 16.0.